The normalized spacial score (nSPS) is 25.5. The van der Waals surface area contributed by atoms with Crippen molar-refractivity contribution in [3.05, 3.63) is 12.3 Å². The molecule has 1 rings (SSSR count). The van der Waals surface area contributed by atoms with E-state index in [1.54, 1.807) is 14.0 Å². The largest absolute Gasteiger partial charge is 0.339 e. The monoisotopic (exact) mass is 154 g/mol. The maximum absolute atomic E-state index is 11.1. The summed E-state index contributed by atoms with van der Waals surface area (Å²) in [4.78, 5) is 23.4. The van der Waals surface area contributed by atoms with Crippen LogP contribution in [0.2, 0.25) is 0 Å². The molecule has 0 aromatic carbocycles. The number of carbonyl (C=O) groups is 2. The highest BCUT2D eigenvalue weighted by Crippen LogP contribution is 2.07. The molecule has 11 heavy (non-hydrogen) atoms. The molecule has 0 bridgehead atoms. The zero-order valence-corrected chi connectivity index (χ0v) is 6.55. The number of hydrogen-bond acceptors (Lipinski definition) is 2. The van der Waals surface area contributed by atoms with Gasteiger partial charge in [-0.1, -0.05) is 6.58 Å². The second kappa shape index (κ2) is 2.38. The van der Waals surface area contributed by atoms with Crippen LogP contribution in [-0.4, -0.2) is 29.8 Å². The topological polar surface area (TPSA) is 49.4 Å². The molecule has 0 saturated carbocycles. The molecule has 0 aromatic heterocycles. The van der Waals surface area contributed by atoms with Crippen LogP contribution in [-0.2, 0) is 9.59 Å². The third kappa shape index (κ3) is 1.11. The number of rotatable bonds is 0. The summed E-state index contributed by atoms with van der Waals surface area (Å²) in [5.41, 5.74) is 0.202. The Kier molecular flexibility index (Phi) is 1.68. The molecule has 4 heteroatoms. The predicted molar refractivity (Wildman–Crippen MR) is 39.5 cm³/mol. The van der Waals surface area contributed by atoms with Crippen molar-refractivity contribution in [1.82, 2.24) is 10.2 Å². The van der Waals surface area contributed by atoms with Gasteiger partial charge in [-0.15, -0.1) is 0 Å². The number of carbonyl (C=O) groups excluding carboxylic acids is 2. The van der Waals surface area contributed by atoms with Crippen LogP contribution in [0.5, 0.6) is 0 Å². The van der Waals surface area contributed by atoms with Crippen molar-refractivity contribution >= 4 is 11.8 Å². The Morgan fingerprint density at radius 3 is 2.64 bits per heavy atom. The standard InChI is InChI=1S/C7H10N2O2/c1-4-7(11)9(3)5(2)6(10)8-4/h4H,2H2,1,3H3,(H,8,10). The highest BCUT2D eigenvalue weighted by molar-refractivity contribution is 6.03. The van der Waals surface area contributed by atoms with Gasteiger partial charge in [-0.25, -0.2) is 0 Å². The Labute approximate surface area is 64.9 Å². The first-order chi connectivity index (χ1) is 5.04. The summed E-state index contributed by atoms with van der Waals surface area (Å²) >= 11 is 0. The maximum atomic E-state index is 11.1. The van der Waals surface area contributed by atoms with Crippen LogP contribution >= 0.6 is 0 Å². The highest BCUT2D eigenvalue weighted by atomic mass is 16.2. The van der Waals surface area contributed by atoms with Crippen molar-refractivity contribution in [1.29, 1.82) is 0 Å². The first-order valence-corrected chi connectivity index (χ1v) is 3.31. The third-order valence-electron chi connectivity index (χ3n) is 1.72. The zero-order valence-electron chi connectivity index (χ0n) is 6.55. The van der Waals surface area contributed by atoms with Gasteiger partial charge in [0.05, 0.1) is 0 Å². The van der Waals surface area contributed by atoms with E-state index in [0.717, 1.165) is 0 Å². The van der Waals surface area contributed by atoms with Crippen molar-refractivity contribution in [3.63, 3.8) is 0 Å². The molecule has 1 aliphatic rings. The molecule has 2 amide bonds. The van der Waals surface area contributed by atoms with Gasteiger partial charge in [0.25, 0.3) is 5.91 Å². The Bertz CT molecular complexity index is 235. The van der Waals surface area contributed by atoms with E-state index < -0.39 is 6.04 Å². The van der Waals surface area contributed by atoms with Gasteiger partial charge < -0.3 is 10.2 Å². The zero-order chi connectivity index (χ0) is 8.59. The molecule has 1 fully saturated rings. The van der Waals surface area contributed by atoms with E-state index in [1.807, 2.05) is 0 Å². The molecule has 1 saturated heterocycles. The van der Waals surface area contributed by atoms with Crippen LogP contribution in [0.15, 0.2) is 12.3 Å². The van der Waals surface area contributed by atoms with Crippen molar-refractivity contribution in [2.24, 2.45) is 0 Å². The summed E-state index contributed by atoms with van der Waals surface area (Å²) in [5, 5.41) is 2.48. The summed E-state index contributed by atoms with van der Waals surface area (Å²) in [7, 11) is 1.54. The molecule has 4 nitrogen and oxygen atoms in total. The van der Waals surface area contributed by atoms with Crippen LogP contribution in [0.25, 0.3) is 0 Å². The molecule has 0 aliphatic carbocycles. The number of piperazine rings is 1. The fourth-order valence-electron chi connectivity index (χ4n) is 0.917. The van der Waals surface area contributed by atoms with E-state index in [-0.39, 0.29) is 17.5 Å². The van der Waals surface area contributed by atoms with Gasteiger partial charge in [0.15, 0.2) is 0 Å². The molecule has 0 spiro atoms. The minimum Gasteiger partial charge on any atom is -0.339 e. The van der Waals surface area contributed by atoms with Crippen LogP contribution in [0.3, 0.4) is 0 Å². The minimum atomic E-state index is -0.432. The smallest absolute Gasteiger partial charge is 0.268 e. The van der Waals surface area contributed by atoms with Crippen molar-refractivity contribution in [3.8, 4) is 0 Å². The summed E-state index contributed by atoms with van der Waals surface area (Å²) < 4.78 is 0. The van der Waals surface area contributed by atoms with E-state index in [0.29, 0.717) is 0 Å². The van der Waals surface area contributed by atoms with E-state index in [1.165, 1.54) is 4.90 Å². The molecular formula is C7H10N2O2. The third-order valence-corrected chi connectivity index (χ3v) is 1.72. The van der Waals surface area contributed by atoms with Crippen molar-refractivity contribution in [2.45, 2.75) is 13.0 Å². The van der Waals surface area contributed by atoms with Crippen molar-refractivity contribution in [2.75, 3.05) is 7.05 Å². The van der Waals surface area contributed by atoms with Gasteiger partial charge in [-0.2, -0.15) is 0 Å². The van der Waals surface area contributed by atoms with Gasteiger partial charge in [-0.05, 0) is 6.92 Å². The first-order valence-electron chi connectivity index (χ1n) is 3.31. The lowest BCUT2D eigenvalue weighted by atomic mass is 10.2. The number of amides is 2. The maximum Gasteiger partial charge on any atom is 0.268 e. The second-order valence-electron chi connectivity index (χ2n) is 2.54. The van der Waals surface area contributed by atoms with Gasteiger partial charge in [0, 0.05) is 7.05 Å². The van der Waals surface area contributed by atoms with Gasteiger partial charge in [0.2, 0.25) is 5.91 Å². The lowest BCUT2D eigenvalue weighted by molar-refractivity contribution is -0.138. The lowest BCUT2D eigenvalue weighted by Crippen LogP contribution is -2.53. The quantitative estimate of drug-likeness (QED) is 0.477. The van der Waals surface area contributed by atoms with E-state index in [4.69, 9.17) is 0 Å². The molecule has 0 radical (unpaired) electrons. The Hall–Kier alpha value is -1.32. The summed E-state index contributed by atoms with van der Waals surface area (Å²) in [6.07, 6.45) is 0. The SMILES string of the molecule is C=C1C(=O)NC(C)C(=O)N1C. The second-order valence-corrected chi connectivity index (χ2v) is 2.54. The number of hydrogen-bond donors (Lipinski definition) is 1. The van der Waals surface area contributed by atoms with Gasteiger partial charge in [-0.3, -0.25) is 9.59 Å². The average Bonchev–Trinajstić information content (AvgIpc) is 1.97. The average molecular weight is 154 g/mol. The molecule has 1 N–H and O–H groups in total. The highest BCUT2D eigenvalue weighted by Gasteiger charge is 2.29. The first kappa shape index (κ1) is 7.78. The summed E-state index contributed by atoms with van der Waals surface area (Å²) in [6.45, 7) is 5.10. The van der Waals surface area contributed by atoms with Crippen LogP contribution in [0.1, 0.15) is 6.92 Å². The molecule has 1 aliphatic heterocycles. The Morgan fingerprint density at radius 2 is 2.09 bits per heavy atom. The summed E-state index contributed by atoms with van der Waals surface area (Å²) in [5.74, 6) is -0.408. The number of nitrogens with zero attached hydrogens (tertiary/aromatic N) is 1. The van der Waals surface area contributed by atoms with E-state index >= 15 is 0 Å². The molecule has 1 heterocycles. The van der Waals surface area contributed by atoms with Gasteiger partial charge in [0.1, 0.15) is 11.7 Å². The number of likely N-dealkylation sites (N-methyl/N-ethyl adjacent to an activating group) is 1. The molecule has 60 valence electrons. The van der Waals surface area contributed by atoms with Crippen LogP contribution < -0.4 is 5.32 Å². The minimum absolute atomic E-state index is 0.130. The molecule has 0 aromatic rings. The molecule has 1 atom stereocenters. The van der Waals surface area contributed by atoms with Crippen LogP contribution in [0.4, 0.5) is 0 Å². The van der Waals surface area contributed by atoms with Gasteiger partial charge >= 0.3 is 0 Å². The van der Waals surface area contributed by atoms with E-state index in [9.17, 15) is 9.59 Å². The lowest BCUT2D eigenvalue weighted by Gasteiger charge is -2.28. The fourth-order valence-corrected chi connectivity index (χ4v) is 0.917. The van der Waals surface area contributed by atoms with Crippen LogP contribution in [0, 0.1) is 0 Å². The molecular weight excluding hydrogens is 144 g/mol. The van der Waals surface area contributed by atoms with E-state index in [2.05, 4.69) is 11.9 Å². The fraction of sp³-hybridized carbons (Fsp3) is 0.429. The predicted octanol–water partition coefficient (Wildman–Crippen LogP) is -0.523. The van der Waals surface area contributed by atoms with Crippen molar-refractivity contribution < 1.29 is 9.59 Å². The molecule has 1 unspecified atom stereocenters. The Morgan fingerprint density at radius 1 is 1.55 bits per heavy atom. The number of nitrogens with one attached hydrogen (secondary N) is 1. The Balaban J connectivity index is 2.87. The summed E-state index contributed by atoms with van der Waals surface area (Å²) in [6, 6.07) is -0.432.